The van der Waals surface area contributed by atoms with Crippen LogP contribution in [-0.4, -0.2) is 34.0 Å². The van der Waals surface area contributed by atoms with Gasteiger partial charge in [-0.2, -0.15) is 5.10 Å². The fraction of sp³-hybridized carbons (Fsp3) is 0.150. The number of hydrogen-bond acceptors (Lipinski definition) is 4. The normalized spacial score (nSPS) is 16.5. The van der Waals surface area contributed by atoms with Crippen molar-refractivity contribution in [2.45, 2.75) is 6.92 Å². The molecule has 0 aliphatic carbocycles. The van der Waals surface area contributed by atoms with Crippen molar-refractivity contribution >= 4 is 28.5 Å². The number of hydrogen-bond donors (Lipinski definition) is 0. The van der Waals surface area contributed by atoms with Crippen LogP contribution in [-0.2, 0) is 4.79 Å². The Hall–Kier alpha value is -2.66. The third-order valence-corrected chi connectivity index (χ3v) is 4.82. The SMILES string of the molecule is C=CCN1C(=O)CS/C1=N\N=C(\C)c1ccc(-c2ccccc2)cc1. The Morgan fingerprint density at radius 2 is 1.84 bits per heavy atom. The van der Waals surface area contributed by atoms with Gasteiger partial charge < -0.3 is 0 Å². The van der Waals surface area contributed by atoms with Crippen LogP contribution in [0.3, 0.4) is 0 Å². The molecule has 2 aromatic carbocycles. The summed E-state index contributed by atoms with van der Waals surface area (Å²) in [4.78, 5) is 13.4. The molecule has 2 aromatic rings. The Bertz CT molecular complexity index is 826. The molecule has 25 heavy (non-hydrogen) atoms. The van der Waals surface area contributed by atoms with E-state index in [1.54, 1.807) is 11.0 Å². The second-order valence-corrected chi connectivity index (χ2v) is 6.54. The van der Waals surface area contributed by atoms with Gasteiger partial charge in [-0.1, -0.05) is 72.4 Å². The molecule has 0 unspecified atom stereocenters. The van der Waals surface area contributed by atoms with Crippen LogP contribution in [0.25, 0.3) is 11.1 Å². The van der Waals surface area contributed by atoms with Crippen LogP contribution in [0.15, 0.2) is 77.5 Å². The van der Waals surface area contributed by atoms with E-state index in [9.17, 15) is 4.79 Å². The molecule has 4 nitrogen and oxygen atoms in total. The van der Waals surface area contributed by atoms with Crippen LogP contribution in [0, 0.1) is 0 Å². The molecule has 1 fully saturated rings. The lowest BCUT2D eigenvalue weighted by atomic mass is 10.0. The Morgan fingerprint density at radius 1 is 1.16 bits per heavy atom. The highest BCUT2D eigenvalue weighted by Crippen LogP contribution is 2.21. The van der Waals surface area contributed by atoms with E-state index in [0.29, 0.717) is 17.5 Å². The van der Waals surface area contributed by atoms with Gasteiger partial charge in [-0.25, -0.2) is 0 Å². The first-order valence-corrected chi connectivity index (χ1v) is 9.00. The molecule has 1 amide bonds. The van der Waals surface area contributed by atoms with Gasteiger partial charge in [0.25, 0.3) is 0 Å². The van der Waals surface area contributed by atoms with Crippen LogP contribution in [0.1, 0.15) is 12.5 Å². The van der Waals surface area contributed by atoms with Crippen molar-refractivity contribution in [3.05, 3.63) is 72.8 Å². The fourth-order valence-corrected chi connectivity index (χ4v) is 3.33. The number of thioether (sulfide) groups is 1. The molecular formula is C20H19N3OS. The lowest BCUT2D eigenvalue weighted by Crippen LogP contribution is -2.29. The molecule has 3 rings (SSSR count). The summed E-state index contributed by atoms with van der Waals surface area (Å²) >= 11 is 1.41. The van der Waals surface area contributed by atoms with Crippen molar-refractivity contribution in [3.8, 4) is 11.1 Å². The van der Waals surface area contributed by atoms with Gasteiger partial charge in [-0.3, -0.25) is 9.69 Å². The summed E-state index contributed by atoms with van der Waals surface area (Å²) in [6.45, 7) is 6.06. The number of carbonyl (C=O) groups excluding carboxylic acids is 1. The van der Waals surface area contributed by atoms with Crippen molar-refractivity contribution in [1.29, 1.82) is 0 Å². The van der Waals surface area contributed by atoms with E-state index in [1.807, 2.05) is 37.3 Å². The average molecular weight is 349 g/mol. The van der Waals surface area contributed by atoms with Gasteiger partial charge in [-0.15, -0.1) is 11.7 Å². The number of amides is 1. The molecule has 0 aromatic heterocycles. The summed E-state index contributed by atoms with van der Waals surface area (Å²) in [5.74, 6) is 0.455. The zero-order valence-corrected chi connectivity index (χ0v) is 14.9. The molecule has 5 heteroatoms. The largest absolute Gasteiger partial charge is 0.285 e. The highest BCUT2D eigenvalue weighted by atomic mass is 32.2. The topological polar surface area (TPSA) is 45.0 Å². The lowest BCUT2D eigenvalue weighted by molar-refractivity contribution is -0.123. The average Bonchev–Trinajstić information content (AvgIpc) is 3.01. The van der Waals surface area contributed by atoms with Crippen molar-refractivity contribution < 1.29 is 4.79 Å². The third-order valence-electron chi connectivity index (χ3n) is 3.86. The van der Waals surface area contributed by atoms with E-state index in [-0.39, 0.29) is 5.91 Å². The third kappa shape index (κ3) is 4.06. The minimum atomic E-state index is 0.0451. The van der Waals surface area contributed by atoms with E-state index in [1.165, 1.54) is 17.3 Å². The smallest absolute Gasteiger partial charge is 0.239 e. The van der Waals surface area contributed by atoms with Gasteiger partial charge in [0, 0.05) is 6.54 Å². The fourth-order valence-electron chi connectivity index (χ4n) is 2.49. The molecule has 1 heterocycles. The van der Waals surface area contributed by atoms with Gasteiger partial charge >= 0.3 is 0 Å². The van der Waals surface area contributed by atoms with E-state index in [4.69, 9.17) is 0 Å². The zero-order valence-electron chi connectivity index (χ0n) is 14.1. The van der Waals surface area contributed by atoms with E-state index >= 15 is 0 Å². The molecule has 0 N–H and O–H groups in total. The van der Waals surface area contributed by atoms with Gasteiger partial charge in [-0.05, 0) is 23.6 Å². The molecule has 1 aliphatic heterocycles. The van der Waals surface area contributed by atoms with E-state index in [2.05, 4.69) is 41.0 Å². The Balaban J connectivity index is 1.77. The second-order valence-electron chi connectivity index (χ2n) is 5.59. The predicted molar refractivity (Wildman–Crippen MR) is 106 cm³/mol. The monoisotopic (exact) mass is 349 g/mol. The van der Waals surface area contributed by atoms with E-state index in [0.717, 1.165) is 16.8 Å². The molecule has 1 saturated heterocycles. The molecule has 0 bridgehead atoms. The van der Waals surface area contributed by atoms with Crippen LogP contribution in [0.5, 0.6) is 0 Å². The summed E-state index contributed by atoms with van der Waals surface area (Å²) in [6.07, 6.45) is 1.69. The molecule has 0 spiro atoms. The first-order valence-electron chi connectivity index (χ1n) is 8.01. The number of amidine groups is 1. The number of carbonyl (C=O) groups is 1. The van der Waals surface area contributed by atoms with Crippen molar-refractivity contribution in [2.75, 3.05) is 12.3 Å². The Morgan fingerprint density at radius 3 is 2.52 bits per heavy atom. The number of benzene rings is 2. The quantitative estimate of drug-likeness (QED) is 0.461. The van der Waals surface area contributed by atoms with Gasteiger partial charge in [0.2, 0.25) is 5.91 Å². The summed E-state index contributed by atoms with van der Waals surface area (Å²) in [7, 11) is 0. The molecule has 126 valence electrons. The molecule has 0 atom stereocenters. The number of rotatable bonds is 5. The summed E-state index contributed by atoms with van der Waals surface area (Å²) in [5, 5.41) is 9.19. The van der Waals surface area contributed by atoms with Gasteiger partial charge in [0.15, 0.2) is 5.17 Å². The summed E-state index contributed by atoms with van der Waals surface area (Å²) in [5.41, 5.74) is 4.17. The zero-order chi connectivity index (χ0) is 17.6. The molecule has 0 radical (unpaired) electrons. The van der Waals surface area contributed by atoms with Gasteiger partial charge in [0.1, 0.15) is 0 Å². The number of nitrogens with zero attached hydrogens (tertiary/aromatic N) is 3. The maximum absolute atomic E-state index is 11.8. The van der Waals surface area contributed by atoms with Crippen molar-refractivity contribution in [1.82, 2.24) is 4.90 Å². The molecular weight excluding hydrogens is 330 g/mol. The van der Waals surface area contributed by atoms with Crippen LogP contribution < -0.4 is 0 Å². The highest BCUT2D eigenvalue weighted by Gasteiger charge is 2.27. The maximum atomic E-state index is 11.8. The van der Waals surface area contributed by atoms with E-state index < -0.39 is 0 Å². The van der Waals surface area contributed by atoms with Crippen molar-refractivity contribution in [2.24, 2.45) is 10.2 Å². The molecule has 1 aliphatic rings. The lowest BCUT2D eigenvalue weighted by Gasteiger charge is -2.11. The molecule has 0 saturated carbocycles. The van der Waals surface area contributed by atoms with Crippen LogP contribution in [0.2, 0.25) is 0 Å². The van der Waals surface area contributed by atoms with Gasteiger partial charge in [0.05, 0.1) is 11.5 Å². The highest BCUT2D eigenvalue weighted by molar-refractivity contribution is 8.15. The summed E-state index contributed by atoms with van der Waals surface area (Å²) in [6, 6.07) is 18.5. The summed E-state index contributed by atoms with van der Waals surface area (Å²) < 4.78 is 0. The second kappa shape index (κ2) is 7.94. The van der Waals surface area contributed by atoms with Crippen LogP contribution >= 0.6 is 11.8 Å². The Kier molecular flexibility index (Phi) is 5.46. The maximum Gasteiger partial charge on any atom is 0.239 e. The minimum Gasteiger partial charge on any atom is -0.285 e. The van der Waals surface area contributed by atoms with Crippen LogP contribution in [0.4, 0.5) is 0 Å². The first-order chi connectivity index (χ1) is 12.2. The Labute approximate surface area is 152 Å². The predicted octanol–water partition coefficient (Wildman–Crippen LogP) is 4.20. The first kappa shape index (κ1) is 17.2. The standard InChI is InChI=1S/C20H19N3OS/c1-3-13-23-19(24)14-25-20(23)22-21-15(2)16-9-11-18(12-10-16)17-7-5-4-6-8-17/h3-12H,1,13-14H2,2H3/b21-15-,22-20-. The van der Waals surface area contributed by atoms with Crippen molar-refractivity contribution in [3.63, 3.8) is 0 Å². The minimum absolute atomic E-state index is 0.0451.